The quantitative estimate of drug-likeness (QED) is 0.344. The van der Waals surface area contributed by atoms with E-state index in [1.165, 1.54) is 17.7 Å². The van der Waals surface area contributed by atoms with E-state index in [2.05, 4.69) is 35.6 Å². The Bertz CT molecular complexity index is 1430. The van der Waals surface area contributed by atoms with Gasteiger partial charge in [0.15, 0.2) is 5.13 Å². The summed E-state index contributed by atoms with van der Waals surface area (Å²) in [5.41, 5.74) is 3.28. The van der Waals surface area contributed by atoms with Crippen LogP contribution in [0.3, 0.4) is 0 Å². The van der Waals surface area contributed by atoms with Crippen LogP contribution >= 0.6 is 11.3 Å². The van der Waals surface area contributed by atoms with E-state index in [4.69, 9.17) is 0 Å². The number of urea groups is 1. The minimum Gasteiger partial charge on any atom is -0.481 e. The SMILES string of the molecule is CCNC(=O)Nc1nc2cc(-c3cnc(N4CCC(C)(C(=O)O)CC4)nc3)cc(-c3ccncn3)c2s1. The Hall–Kier alpha value is -4.19. The Morgan fingerprint density at radius 1 is 1.14 bits per heavy atom. The molecule has 12 heteroatoms. The zero-order valence-electron chi connectivity index (χ0n) is 20.4. The molecule has 0 aliphatic carbocycles. The number of carbonyl (C=O) groups excluding carboxylic acids is 1. The van der Waals surface area contributed by atoms with Gasteiger partial charge in [-0.3, -0.25) is 10.1 Å². The van der Waals surface area contributed by atoms with Gasteiger partial charge in [0, 0.05) is 49.4 Å². The van der Waals surface area contributed by atoms with Crippen LogP contribution in [-0.2, 0) is 4.79 Å². The van der Waals surface area contributed by atoms with E-state index in [1.807, 2.05) is 30.0 Å². The third-order valence-corrected chi connectivity index (χ3v) is 7.56. The topological polar surface area (TPSA) is 146 Å². The Balaban J connectivity index is 1.46. The number of fused-ring (bicyclic) bond motifs is 1. The van der Waals surface area contributed by atoms with Gasteiger partial charge in [0.25, 0.3) is 0 Å². The van der Waals surface area contributed by atoms with Crippen molar-refractivity contribution >= 4 is 44.6 Å². The third-order valence-electron chi connectivity index (χ3n) is 6.54. The maximum atomic E-state index is 12.0. The molecule has 4 heterocycles. The predicted octanol–water partition coefficient (Wildman–Crippen LogP) is 4.04. The third kappa shape index (κ3) is 5.05. The van der Waals surface area contributed by atoms with Gasteiger partial charge in [0.2, 0.25) is 5.95 Å². The Morgan fingerprint density at radius 2 is 1.89 bits per heavy atom. The molecule has 190 valence electrons. The first-order valence-corrected chi connectivity index (χ1v) is 12.7. The zero-order chi connectivity index (χ0) is 26.0. The molecule has 2 amide bonds. The first kappa shape index (κ1) is 24.5. The molecule has 0 radical (unpaired) electrons. The molecule has 1 saturated heterocycles. The van der Waals surface area contributed by atoms with Crippen LogP contribution in [0.1, 0.15) is 26.7 Å². The van der Waals surface area contributed by atoms with E-state index in [0.29, 0.717) is 43.6 Å². The summed E-state index contributed by atoms with van der Waals surface area (Å²) in [4.78, 5) is 47.8. The van der Waals surface area contributed by atoms with Crippen LogP contribution in [-0.4, -0.2) is 61.7 Å². The monoisotopic (exact) mass is 518 g/mol. The van der Waals surface area contributed by atoms with Crippen molar-refractivity contribution in [2.45, 2.75) is 26.7 Å². The number of piperidine rings is 1. The van der Waals surface area contributed by atoms with Crippen LogP contribution < -0.4 is 15.5 Å². The largest absolute Gasteiger partial charge is 0.481 e. The number of carboxylic acids is 1. The first-order valence-electron chi connectivity index (χ1n) is 11.9. The number of hydrogen-bond donors (Lipinski definition) is 3. The number of carbonyl (C=O) groups is 2. The van der Waals surface area contributed by atoms with Crippen LogP contribution in [0.4, 0.5) is 15.9 Å². The minimum absolute atomic E-state index is 0.310. The predicted molar refractivity (Wildman–Crippen MR) is 142 cm³/mol. The summed E-state index contributed by atoms with van der Waals surface area (Å²) in [7, 11) is 0. The van der Waals surface area contributed by atoms with Crippen LogP contribution in [0.25, 0.3) is 32.6 Å². The summed E-state index contributed by atoms with van der Waals surface area (Å²) < 4.78 is 0.890. The number of nitrogens with zero attached hydrogens (tertiary/aromatic N) is 6. The Morgan fingerprint density at radius 3 is 2.54 bits per heavy atom. The van der Waals surface area contributed by atoms with Crippen molar-refractivity contribution in [2.75, 3.05) is 29.9 Å². The smallest absolute Gasteiger partial charge is 0.321 e. The van der Waals surface area contributed by atoms with Crippen molar-refractivity contribution in [2.24, 2.45) is 5.41 Å². The highest BCUT2D eigenvalue weighted by molar-refractivity contribution is 7.22. The summed E-state index contributed by atoms with van der Waals surface area (Å²) in [6, 6.07) is 5.47. The number of thiazole rings is 1. The summed E-state index contributed by atoms with van der Waals surface area (Å²) in [6.45, 7) is 5.33. The zero-order valence-corrected chi connectivity index (χ0v) is 21.2. The summed E-state index contributed by atoms with van der Waals surface area (Å²) in [5.74, 6) is -0.180. The number of amides is 2. The minimum atomic E-state index is -0.760. The molecular formula is C25H26N8O3S. The highest BCUT2D eigenvalue weighted by Gasteiger charge is 2.37. The lowest BCUT2D eigenvalue weighted by Gasteiger charge is -2.36. The van der Waals surface area contributed by atoms with Gasteiger partial charge in [-0.1, -0.05) is 11.3 Å². The van der Waals surface area contributed by atoms with Crippen molar-refractivity contribution in [1.29, 1.82) is 0 Å². The van der Waals surface area contributed by atoms with E-state index in [-0.39, 0.29) is 6.03 Å². The number of benzene rings is 1. The molecular weight excluding hydrogens is 492 g/mol. The fraction of sp³-hybridized carbons (Fsp3) is 0.320. The molecule has 37 heavy (non-hydrogen) atoms. The van der Waals surface area contributed by atoms with Crippen molar-refractivity contribution in [3.63, 3.8) is 0 Å². The molecule has 3 aromatic heterocycles. The Labute approximate surface area is 217 Å². The van der Waals surface area contributed by atoms with Gasteiger partial charge in [0.1, 0.15) is 6.33 Å². The number of carboxylic acid groups (broad SMARTS) is 1. The highest BCUT2D eigenvalue weighted by atomic mass is 32.1. The Kier molecular flexibility index (Phi) is 6.66. The molecule has 4 aromatic rings. The van der Waals surface area contributed by atoms with Gasteiger partial charge in [-0.05, 0) is 50.5 Å². The summed E-state index contributed by atoms with van der Waals surface area (Å²) in [5, 5.41) is 15.5. The molecule has 0 spiro atoms. The second-order valence-electron chi connectivity index (χ2n) is 9.09. The number of aliphatic carboxylic acids is 1. The van der Waals surface area contributed by atoms with Crippen LogP contribution in [0.2, 0.25) is 0 Å². The number of hydrogen-bond acceptors (Lipinski definition) is 9. The van der Waals surface area contributed by atoms with E-state index in [9.17, 15) is 14.7 Å². The molecule has 5 rings (SSSR count). The molecule has 1 aromatic carbocycles. The lowest BCUT2D eigenvalue weighted by Crippen LogP contribution is -2.43. The first-order chi connectivity index (χ1) is 17.9. The standard InChI is InChI=1S/C25H26N8O3S/c1-3-27-23(36)32-24-31-19-11-15(10-17(20(19)37-24)18-4-7-26-14-30-18)16-12-28-22(29-13-16)33-8-5-25(2,6-9-33)21(34)35/h4,7,10-14H,3,5-6,8-9H2,1-2H3,(H,34,35)(H2,27,31,32,36). The second kappa shape index (κ2) is 10.1. The van der Waals surface area contributed by atoms with Crippen molar-refractivity contribution in [3.8, 4) is 22.4 Å². The molecule has 1 fully saturated rings. The lowest BCUT2D eigenvalue weighted by molar-refractivity contribution is -0.149. The van der Waals surface area contributed by atoms with Crippen LogP contribution in [0.15, 0.2) is 43.1 Å². The van der Waals surface area contributed by atoms with E-state index in [1.54, 1.807) is 25.5 Å². The maximum Gasteiger partial charge on any atom is 0.321 e. The molecule has 0 unspecified atom stereocenters. The lowest BCUT2D eigenvalue weighted by atomic mass is 9.80. The molecule has 1 aliphatic rings. The van der Waals surface area contributed by atoms with Crippen LogP contribution in [0.5, 0.6) is 0 Å². The molecule has 0 atom stereocenters. The van der Waals surface area contributed by atoms with Gasteiger partial charge < -0.3 is 15.3 Å². The van der Waals surface area contributed by atoms with E-state index in [0.717, 1.165) is 32.6 Å². The average Bonchev–Trinajstić information content (AvgIpc) is 3.31. The molecule has 11 nitrogen and oxygen atoms in total. The molecule has 0 saturated carbocycles. The highest BCUT2D eigenvalue weighted by Crippen LogP contribution is 2.38. The van der Waals surface area contributed by atoms with E-state index < -0.39 is 11.4 Å². The second-order valence-corrected chi connectivity index (χ2v) is 10.1. The fourth-order valence-electron chi connectivity index (χ4n) is 4.24. The number of rotatable bonds is 6. The summed E-state index contributed by atoms with van der Waals surface area (Å²) in [6.07, 6.45) is 7.79. The van der Waals surface area contributed by atoms with Gasteiger partial charge in [-0.25, -0.2) is 29.7 Å². The molecule has 1 aliphatic heterocycles. The number of nitrogens with one attached hydrogen (secondary N) is 2. The van der Waals surface area contributed by atoms with E-state index >= 15 is 0 Å². The van der Waals surface area contributed by atoms with Gasteiger partial charge in [-0.2, -0.15) is 0 Å². The van der Waals surface area contributed by atoms with Gasteiger partial charge >= 0.3 is 12.0 Å². The van der Waals surface area contributed by atoms with Crippen molar-refractivity contribution < 1.29 is 14.7 Å². The van der Waals surface area contributed by atoms with Crippen LogP contribution in [0, 0.1) is 5.41 Å². The normalized spacial score (nSPS) is 14.9. The molecule has 0 bridgehead atoms. The summed E-state index contributed by atoms with van der Waals surface area (Å²) >= 11 is 1.38. The number of anilines is 2. The fourth-order valence-corrected chi connectivity index (χ4v) is 5.21. The molecule has 3 N–H and O–H groups in total. The number of aromatic nitrogens is 5. The van der Waals surface area contributed by atoms with Crippen molar-refractivity contribution in [3.05, 3.63) is 43.1 Å². The average molecular weight is 519 g/mol. The van der Waals surface area contributed by atoms with Gasteiger partial charge in [-0.15, -0.1) is 0 Å². The van der Waals surface area contributed by atoms with Gasteiger partial charge in [0.05, 0.1) is 21.3 Å². The van der Waals surface area contributed by atoms with Crippen molar-refractivity contribution in [1.82, 2.24) is 30.2 Å². The maximum absolute atomic E-state index is 12.0.